The first kappa shape index (κ1) is 14.0. The van der Waals surface area contributed by atoms with E-state index in [2.05, 4.69) is 39.2 Å². The van der Waals surface area contributed by atoms with Crippen molar-refractivity contribution in [3.05, 3.63) is 24.3 Å². The van der Waals surface area contributed by atoms with Crippen LogP contribution >= 0.6 is 0 Å². The molecule has 3 rings (SSSR count). The third-order valence-corrected chi connectivity index (χ3v) is 4.11. The first-order chi connectivity index (χ1) is 10.1. The van der Waals surface area contributed by atoms with Gasteiger partial charge in [0.1, 0.15) is 5.82 Å². The highest BCUT2D eigenvalue weighted by Gasteiger charge is 2.22. The van der Waals surface area contributed by atoms with Crippen molar-refractivity contribution in [1.82, 2.24) is 19.8 Å². The molecule has 1 unspecified atom stereocenters. The Balaban J connectivity index is 1.78. The molecule has 6 heteroatoms. The van der Waals surface area contributed by atoms with Crippen LogP contribution in [-0.2, 0) is 0 Å². The summed E-state index contributed by atoms with van der Waals surface area (Å²) in [6, 6.07) is 8.40. The van der Waals surface area contributed by atoms with Gasteiger partial charge in [-0.15, -0.1) is 0 Å². The number of nitrogen functional groups attached to an aromatic ring is 1. The van der Waals surface area contributed by atoms with Gasteiger partial charge < -0.3 is 16.0 Å². The number of hydrogen-bond donors (Lipinski definition) is 2. The number of para-hydroxylation sites is 1. The van der Waals surface area contributed by atoms with Crippen molar-refractivity contribution in [2.24, 2.45) is 0 Å². The third-order valence-electron chi connectivity index (χ3n) is 4.11. The van der Waals surface area contributed by atoms with E-state index in [0.29, 0.717) is 12.0 Å². The maximum atomic E-state index is 5.80. The Hall–Kier alpha value is -1.92. The average Bonchev–Trinajstić information content (AvgIpc) is 2.47. The van der Waals surface area contributed by atoms with Crippen molar-refractivity contribution in [3.63, 3.8) is 0 Å². The highest BCUT2D eigenvalue weighted by Crippen LogP contribution is 2.21. The van der Waals surface area contributed by atoms with Crippen LogP contribution in [0, 0.1) is 0 Å². The molecule has 3 N–H and O–H groups in total. The second-order valence-corrected chi connectivity index (χ2v) is 5.73. The second kappa shape index (κ2) is 5.83. The predicted molar refractivity (Wildman–Crippen MR) is 86.4 cm³/mol. The van der Waals surface area contributed by atoms with Crippen LogP contribution in [0.1, 0.15) is 0 Å². The van der Waals surface area contributed by atoms with Crippen molar-refractivity contribution in [3.8, 4) is 0 Å². The molecular formula is C15H22N6. The number of aromatic nitrogens is 2. The van der Waals surface area contributed by atoms with E-state index >= 15 is 0 Å². The number of nitrogens with zero attached hydrogens (tertiary/aromatic N) is 4. The zero-order chi connectivity index (χ0) is 14.8. The normalized spacial score (nSPS) is 20.8. The van der Waals surface area contributed by atoms with Gasteiger partial charge in [0.2, 0.25) is 5.95 Å². The van der Waals surface area contributed by atoms with Crippen LogP contribution in [0.15, 0.2) is 24.3 Å². The van der Waals surface area contributed by atoms with Gasteiger partial charge in [-0.2, -0.15) is 4.98 Å². The SMILES string of the molecule is CN1CCN(C)C(CNc2nc(N)nc3ccccc23)C1. The summed E-state index contributed by atoms with van der Waals surface area (Å²) >= 11 is 0. The van der Waals surface area contributed by atoms with E-state index in [1.165, 1.54) is 0 Å². The Morgan fingerprint density at radius 3 is 2.90 bits per heavy atom. The zero-order valence-corrected chi connectivity index (χ0v) is 12.6. The van der Waals surface area contributed by atoms with Gasteiger partial charge in [-0.25, -0.2) is 4.98 Å². The van der Waals surface area contributed by atoms with Gasteiger partial charge in [0.05, 0.1) is 5.52 Å². The van der Waals surface area contributed by atoms with Crippen LogP contribution in [0.5, 0.6) is 0 Å². The van der Waals surface area contributed by atoms with Gasteiger partial charge >= 0.3 is 0 Å². The summed E-state index contributed by atoms with van der Waals surface area (Å²) in [6.45, 7) is 4.12. The number of rotatable bonds is 3. The summed E-state index contributed by atoms with van der Waals surface area (Å²) < 4.78 is 0. The Morgan fingerprint density at radius 1 is 1.24 bits per heavy atom. The highest BCUT2D eigenvalue weighted by atomic mass is 15.3. The molecule has 1 aromatic heterocycles. The second-order valence-electron chi connectivity index (χ2n) is 5.73. The number of likely N-dealkylation sites (N-methyl/N-ethyl adjacent to an activating group) is 2. The molecule has 6 nitrogen and oxygen atoms in total. The van der Waals surface area contributed by atoms with Crippen molar-refractivity contribution in [1.29, 1.82) is 0 Å². The molecule has 112 valence electrons. The minimum Gasteiger partial charge on any atom is -0.368 e. The first-order valence-corrected chi connectivity index (χ1v) is 7.28. The summed E-state index contributed by atoms with van der Waals surface area (Å²) in [5, 5.41) is 4.46. The van der Waals surface area contributed by atoms with Gasteiger partial charge in [0.15, 0.2) is 0 Å². The van der Waals surface area contributed by atoms with E-state index < -0.39 is 0 Å². The lowest BCUT2D eigenvalue weighted by Gasteiger charge is -2.37. The van der Waals surface area contributed by atoms with Gasteiger partial charge in [-0.3, -0.25) is 4.90 Å². The summed E-state index contributed by atoms with van der Waals surface area (Å²) in [6.07, 6.45) is 0. The molecule has 1 aliphatic rings. The number of hydrogen-bond acceptors (Lipinski definition) is 6. The van der Waals surface area contributed by atoms with E-state index in [1.54, 1.807) is 0 Å². The molecule has 0 saturated carbocycles. The van der Waals surface area contributed by atoms with Crippen LogP contribution in [0.2, 0.25) is 0 Å². The topological polar surface area (TPSA) is 70.3 Å². The molecule has 2 heterocycles. The molecule has 1 saturated heterocycles. The maximum Gasteiger partial charge on any atom is 0.222 e. The molecule has 0 radical (unpaired) electrons. The van der Waals surface area contributed by atoms with Crippen LogP contribution in [0.25, 0.3) is 10.9 Å². The number of piperazine rings is 1. The van der Waals surface area contributed by atoms with Gasteiger partial charge in [0.25, 0.3) is 0 Å². The Bertz CT molecular complexity index is 629. The third kappa shape index (κ3) is 3.06. The molecule has 1 fully saturated rings. The van der Waals surface area contributed by atoms with Crippen LogP contribution in [0.4, 0.5) is 11.8 Å². The van der Waals surface area contributed by atoms with E-state index in [4.69, 9.17) is 5.73 Å². The minimum absolute atomic E-state index is 0.310. The van der Waals surface area contributed by atoms with E-state index in [0.717, 1.165) is 42.9 Å². The van der Waals surface area contributed by atoms with Gasteiger partial charge in [-0.05, 0) is 26.2 Å². The molecular weight excluding hydrogens is 264 g/mol. The molecule has 1 aliphatic heterocycles. The molecule has 0 spiro atoms. The van der Waals surface area contributed by atoms with Crippen molar-refractivity contribution >= 4 is 22.7 Å². The Kier molecular flexibility index (Phi) is 3.90. The number of anilines is 2. The van der Waals surface area contributed by atoms with E-state index in [9.17, 15) is 0 Å². The number of benzene rings is 1. The zero-order valence-electron chi connectivity index (χ0n) is 12.6. The molecule has 21 heavy (non-hydrogen) atoms. The molecule has 0 bridgehead atoms. The molecule has 1 aromatic carbocycles. The Labute approximate surface area is 125 Å². The van der Waals surface area contributed by atoms with Crippen molar-refractivity contribution < 1.29 is 0 Å². The molecule has 2 aromatic rings. The lowest BCUT2D eigenvalue weighted by Crippen LogP contribution is -2.52. The van der Waals surface area contributed by atoms with E-state index in [1.807, 2.05) is 24.3 Å². The Morgan fingerprint density at radius 2 is 2.05 bits per heavy atom. The highest BCUT2D eigenvalue weighted by molar-refractivity contribution is 5.89. The summed E-state index contributed by atoms with van der Waals surface area (Å²) in [5.41, 5.74) is 6.68. The van der Waals surface area contributed by atoms with Crippen LogP contribution in [-0.4, -0.2) is 66.1 Å². The molecule has 0 aliphatic carbocycles. The lowest BCUT2D eigenvalue weighted by atomic mass is 10.2. The van der Waals surface area contributed by atoms with E-state index in [-0.39, 0.29) is 0 Å². The average molecular weight is 286 g/mol. The number of fused-ring (bicyclic) bond motifs is 1. The molecule has 0 amide bonds. The summed E-state index contributed by atoms with van der Waals surface area (Å²) in [4.78, 5) is 13.4. The lowest BCUT2D eigenvalue weighted by molar-refractivity contribution is 0.122. The van der Waals surface area contributed by atoms with Gasteiger partial charge in [-0.1, -0.05) is 12.1 Å². The van der Waals surface area contributed by atoms with Crippen LogP contribution < -0.4 is 11.1 Å². The quantitative estimate of drug-likeness (QED) is 0.872. The van der Waals surface area contributed by atoms with Gasteiger partial charge in [0, 0.05) is 37.6 Å². The number of nitrogens with two attached hydrogens (primary N) is 1. The van der Waals surface area contributed by atoms with Crippen molar-refractivity contribution in [2.75, 3.05) is 51.3 Å². The maximum absolute atomic E-state index is 5.80. The summed E-state index contributed by atoms with van der Waals surface area (Å²) in [5.74, 6) is 1.13. The first-order valence-electron chi connectivity index (χ1n) is 7.28. The fraction of sp³-hybridized carbons (Fsp3) is 0.467. The minimum atomic E-state index is 0.310. The fourth-order valence-electron chi connectivity index (χ4n) is 2.77. The van der Waals surface area contributed by atoms with Crippen molar-refractivity contribution in [2.45, 2.75) is 6.04 Å². The predicted octanol–water partition coefficient (Wildman–Crippen LogP) is 0.870. The smallest absolute Gasteiger partial charge is 0.222 e. The molecule has 1 atom stereocenters. The summed E-state index contributed by atoms with van der Waals surface area (Å²) in [7, 11) is 4.34. The largest absolute Gasteiger partial charge is 0.368 e. The fourth-order valence-corrected chi connectivity index (χ4v) is 2.77. The monoisotopic (exact) mass is 286 g/mol. The standard InChI is InChI=1S/C15H22N6/c1-20-7-8-21(2)11(10-20)9-17-14-12-5-3-4-6-13(12)18-15(16)19-14/h3-6,11H,7-10H2,1-2H3,(H3,16,17,18,19). The number of nitrogens with one attached hydrogen (secondary N) is 1. The van der Waals surface area contributed by atoms with Crippen LogP contribution in [0.3, 0.4) is 0 Å².